The lowest BCUT2D eigenvalue weighted by molar-refractivity contribution is -0.117. The van der Waals surface area contributed by atoms with Crippen molar-refractivity contribution in [2.75, 3.05) is 5.32 Å². The number of hydrogen-bond donors (Lipinski definition) is 2. The Balaban J connectivity index is 2.58. The molecule has 0 aliphatic rings. The van der Waals surface area contributed by atoms with Crippen molar-refractivity contribution in [2.45, 2.75) is 32.2 Å². The summed E-state index contributed by atoms with van der Waals surface area (Å²) in [7, 11) is 0. The molecule has 0 heterocycles. The van der Waals surface area contributed by atoms with Gasteiger partial charge in [0.15, 0.2) is 0 Å². The molecule has 3 nitrogen and oxygen atoms in total. The molecule has 1 aromatic rings. The van der Waals surface area contributed by atoms with Crippen molar-refractivity contribution in [3.05, 3.63) is 29.0 Å². The van der Waals surface area contributed by atoms with Crippen LogP contribution in [-0.2, 0) is 4.79 Å². The van der Waals surface area contributed by atoms with Crippen LogP contribution in [0.4, 0.5) is 10.1 Å². The molecule has 0 saturated heterocycles. The predicted octanol–water partition coefficient (Wildman–Crippen LogP) is 2.94. The van der Waals surface area contributed by atoms with Crippen molar-refractivity contribution in [3.8, 4) is 0 Å². The van der Waals surface area contributed by atoms with Crippen molar-refractivity contribution in [3.63, 3.8) is 0 Å². The minimum atomic E-state index is -0.563. The van der Waals surface area contributed by atoms with Crippen LogP contribution in [0.1, 0.15) is 26.2 Å². The lowest BCUT2D eigenvalue weighted by atomic mass is 10.1. The third kappa shape index (κ3) is 4.32. The monoisotopic (exact) mass is 258 g/mol. The summed E-state index contributed by atoms with van der Waals surface area (Å²) in [5.74, 6) is -0.869. The maximum absolute atomic E-state index is 13.1. The van der Waals surface area contributed by atoms with Crippen LogP contribution in [0.2, 0.25) is 5.02 Å². The van der Waals surface area contributed by atoms with E-state index in [-0.39, 0.29) is 10.9 Å². The highest BCUT2D eigenvalue weighted by molar-refractivity contribution is 6.30. The van der Waals surface area contributed by atoms with Crippen LogP contribution in [0.5, 0.6) is 0 Å². The number of carbonyl (C=O) groups is 1. The molecule has 1 atom stereocenters. The van der Waals surface area contributed by atoms with E-state index in [1.165, 1.54) is 18.2 Å². The molecular weight excluding hydrogens is 243 g/mol. The van der Waals surface area contributed by atoms with Gasteiger partial charge in [-0.1, -0.05) is 31.4 Å². The molecule has 0 fully saturated rings. The summed E-state index contributed by atoms with van der Waals surface area (Å²) in [6.45, 7) is 2.03. The van der Waals surface area contributed by atoms with Crippen molar-refractivity contribution >= 4 is 23.2 Å². The van der Waals surface area contributed by atoms with E-state index >= 15 is 0 Å². The smallest absolute Gasteiger partial charge is 0.241 e. The highest BCUT2D eigenvalue weighted by atomic mass is 35.5. The van der Waals surface area contributed by atoms with Gasteiger partial charge in [0.1, 0.15) is 5.82 Å². The first-order valence-corrected chi connectivity index (χ1v) is 5.94. The Kier molecular flexibility index (Phi) is 5.38. The van der Waals surface area contributed by atoms with Gasteiger partial charge in [-0.25, -0.2) is 4.39 Å². The Morgan fingerprint density at radius 2 is 2.29 bits per heavy atom. The van der Waals surface area contributed by atoms with Gasteiger partial charge in [-0.2, -0.15) is 0 Å². The summed E-state index contributed by atoms with van der Waals surface area (Å²) < 4.78 is 13.1. The number of nitrogens with two attached hydrogens (primary N) is 1. The molecule has 0 bridgehead atoms. The van der Waals surface area contributed by atoms with Crippen LogP contribution in [0.3, 0.4) is 0 Å². The molecule has 0 aliphatic heterocycles. The second kappa shape index (κ2) is 6.57. The van der Waals surface area contributed by atoms with Gasteiger partial charge < -0.3 is 11.1 Å². The number of carbonyl (C=O) groups excluding carboxylic acids is 1. The topological polar surface area (TPSA) is 55.1 Å². The SMILES string of the molecule is CCCCC(N)C(=O)Nc1ccc(Cl)c(F)c1. The zero-order valence-corrected chi connectivity index (χ0v) is 10.4. The molecular formula is C12H16ClFN2O. The third-order valence-corrected chi connectivity index (χ3v) is 2.70. The van der Waals surface area contributed by atoms with E-state index in [2.05, 4.69) is 5.32 Å². The van der Waals surface area contributed by atoms with Crippen LogP contribution in [0, 0.1) is 5.82 Å². The summed E-state index contributed by atoms with van der Waals surface area (Å²) >= 11 is 5.54. The summed E-state index contributed by atoms with van der Waals surface area (Å²) in [5.41, 5.74) is 6.05. The first-order valence-electron chi connectivity index (χ1n) is 5.56. The first-order chi connectivity index (χ1) is 8.04. The average Bonchev–Trinajstić information content (AvgIpc) is 2.30. The minimum Gasteiger partial charge on any atom is -0.325 e. The van der Waals surface area contributed by atoms with Crippen LogP contribution in [0.15, 0.2) is 18.2 Å². The van der Waals surface area contributed by atoms with E-state index in [0.717, 1.165) is 12.8 Å². The molecule has 0 radical (unpaired) electrons. The maximum Gasteiger partial charge on any atom is 0.241 e. The molecule has 5 heteroatoms. The molecule has 3 N–H and O–H groups in total. The summed E-state index contributed by atoms with van der Waals surface area (Å²) in [6, 6.07) is 3.54. The number of rotatable bonds is 5. The van der Waals surface area contributed by atoms with Gasteiger partial charge in [-0.05, 0) is 24.6 Å². The number of unbranched alkanes of at least 4 members (excludes halogenated alkanes) is 1. The Bertz CT molecular complexity index is 398. The number of amides is 1. The fourth-order valence-corrected chi connectivity index (χ4v) is 1.48. The lowest BCUT2D eigenvalue weighted by Crippen LogP contribution is -2.35. The molecule has 1 rings (SSSR count). The van der Waals surface area contributed by atoms with E-state index < -0.39 is 11.9 Å². The first kappa shape index (κ1) is 13.9. The van der Waals surface area contributed by atoms with Crippen LogP contribution >= 0.6 is 11.6 Å². The molecule has 94 valence electrons. The normalized spacial score (nSPS) is 12.2. The Labute approximate surface area is 105 Å². The maximum atomic E-state index is 13.1. The zero-order valence-electron chi connectivity index (χ0n) is 9.67. The molecule has 1 aromatic carbocycles. The third-order valence-electron chi connectivity index (χ3n) is 2.39. The number of anilines is 1. The quantitative estimate of drug-likeness (QED) is 0.853. The number of benzene rings is 1. The second-order valence-corrected chi connectivity index (χ2v) is 4.27. The predicted molar refractivity (Wildman–Crippen MR) is 67.5 cm³/mol. The van der Waals surface area contributed by atoms with Crippen molar-refractivity contribution in [1.82, 2.24) is 0 Å². The van der Waals surface area contributed by atoms with Gasteiger partial charge in [0.25, 0.3) is 0 Å². The van der Waals surface area contributed by atoms with Gasteiger partial charge in [0.2, 0.25) is 5.91 Å². The summed E-state index contributed by atoms with van der Waals surface area (Å²) in [4.78, 5) is 11.6. The highest BCUT2D eigenvalue weighted by Gasteiger charge is 2.13. The van der Waals surface area contributed by atoms with Gasteiger partial charge in [-0.15, -0.1) is 0 Å². The fourth-order valence-electron chi connectivity index (χ4n) is 1.36. The summed E-state index contributed by atoms with van der Waals surface area (Å²) in [5, 5.41) is 2.58. The van der Waals surface area contributed by atoms with Crippen molar-refractivity contribution in [2.24, 2.45) is 5.73 Å². The Hall–Kier alpha value is -1.13. The number of nitrogens with one attached hydrogen (secondary N) is 1. The summed E-state index contributed by atoms with van der Waals surface area (Å²) in [6.07, 6.45) is 2.50. The van der Waals surface area contributed by atoms with E-state index in [4.69, 9.17) is 17.3 Å². The molecule has 1 amide bonds. The average molecular weight is 259 g/mol. The fraction of sp³-hybridized carbons (Fsp3) is 0.417. The van der Waals surface area contributed by atoms with E-state index in [0.29, 0.717) is 12.1 Å². The number of hydrogen-bond acceptors (Lipinski definition) is 2. The molecule has 1 unspecified atom stereocenters. The molecule has 0 spiro atoms. The van der Waals surface area contributed by atoms with Gasteiger partial charge in [0, 0.05) is 5.69 Å². The molecule has 0 aromatic heterocycles. The zero-order chi connectivity index (χ0) is 12.8. The molecule has 17 heavy (non-hydrogen) atoms. The molecule has 0 saturated carbocycles. The van der Waals surface area contributed by atoms with Gasteiger partial charge >= 0.3 is 0 Å². The van der Waals surface area contributed by atoms with Crippen LogP contribution in [-0.4, -0.2) is 11.9 Å². The van der Waals surface area contributed by atoms with Crippen LogP contribution < -0.4 is 11.1 Å². The number of halogens is 2. The minimum absolute atomic E-state index is 0.0262. The van der Waals surface area contributed by atoms with Crippen molar-refractivity contribution in [1.29, 1.82) is 0 Å². The Morgan fingerprint density at radius 3 is 2.88 bits per heavy atom. The van der Waals surface area contributed by atoms with E-state index in [1.807, 2.05) is 6.92 Å². The Morgan fingerprint density at radius 1 is 1.59 bits per heavy atom. The largest absolute Gasteiger partial charge is 0.325 e. The van der Waals surface area contributed by atoms with E-state index in [1.54, 1.807) is 0 Å². The van der Waals surface area contributed by atoms with Crippen molar-refractivity contribution < 1.29 is 9.18 Å². The highest BCUT2D eigenvalue weighted by Crippen LogP contribution is 2.18. The lowest BCUT2D eigenvalue weighted by Gasteiger charge is -2.11. The van der Waals surface area contributed by atoms with E-state index in [9.17, 15) is 9.18 Å². The standard InChI is InChI=1S/C12H16ClFN2O/c1-2-3-4-11(15)12(17)16-8-5-6-9(13)10(14)7-8/h5-7,11H,2-4,15H2,1H3,(H,16,17). The van der Waals surface area contributed by atoms with Crippen LogP contribution in [0.25, 0.3) is 0 Å². The van der Waals surface area contributed by atoms with Gasteiger partial charge in [0.05, 0.1) is 11.1 Å². The molecule has 0 aliphatic carbocycles. The second-order valence-electron chi connectivity index (χ2n) is 3.87. The van der Waals surface area contributed by atoms with Gasteiger partial charge in [-0.3, -0.25) is 4.79 Å².